The molecule has 1 aliphatic rings. The first-order valence-corrected chi connectivity index (χ1v) is 10.4. The van der Waals surface area contributed by atoms with Crippen molar-refractivity contribution in [3.63, 3.8) is 0 Å². The van der Waals surface area contributed by atoms with Crippen LogP contribution >= 0.6 is 11.3 Å². The number of hydrogen-bond donors (Lipinski definition) is 1. The number of benzene rings is 2. The second kappa shape index (κ2) is 6.22. The summed E-state index contributed by atoms with van der Waals surface area (Å²) in [7, 11) is -4.44. The SMILES string of the molecule is O=S(=O)(CF)c1ccc(Oc2cccc3sccc23)c2c1C(O)C(F)(F)C2. The number of aliphatic hydroxyl groups excluding tert-OH is 1. The molecule has 1 aliphatic carbocycles. The zero-order valence-electron chi connectivity index (χ0n) is 13.7. The quantitative estimate of drug-likeness (QED) is 0.677. The van der Waals surface area contributed by atoms with E-state index in [0.717, 1.165) is 16.2 Å². The Balaban J connectivity index is 1.88. The van der Waals surface area contributed by atoms with Crippen LogP contribution in [0.3, 0.4) is 0 Å². The molecule has 0 amide bonds. The molecule has 1 aromatic heterocycles. The molecule has 1 unspecified atom stereocenters. The van der Waals surface area contributed by atoms with Gasteiger partial charge < -0.3 is 9.84 Å². The van der Waals surface area contributed by atoms with Gasteiger partial charge in [0.05, 0.1) is 4.90 Å². The maximum atomic E-state index is 14.1. The molecule has 142 valence electrons. The lowest BCUT2D eigenvalue weighted by atomic mass is 10.1. The Labute approximate surface area is 156 Å². The number of thiophene rings is 1. The van der Waals surface area contributed by atoms with Gasteiger partial charge in [-0.2, -0.15) is 0 Å². The molecule has 1 N–H and O–H groups in total. The summed E-state index contributed by atoms with van der Waals surface area (Å²) in [6, 6.07) is 7.60. The minimum atomic E-state index is -4.44. The van der Waals surface area contributed by atoms with Gasteiger partial charge in [0.2, 0.25) is 9.84 Å². The molecule has 0 saturated heterocycles. The molecular weight excluding hydrogens is 401 g/mol. The van der Waals surface area contributed by atoms with Gasteiger partial charge in [-0.15, -0.1) is 11.3 Å². The van der Waals surface area contributed by atoms with Gasteiger partial charge in [0.1, 0.15) is 17.6 Å². The Morgan fingerprint density at radius 3 is 2.70 bits per heavy atom. The molecule has 2 aromatic carbocycles. The lowest BCUT2D eigenvalue weighted by molar-refractivity contribution is -0.0976. The highest BCUT2D eigenvalue weighted by Crippen LogP contribution is 2.50. The molecule has 0 spiro atoms. The van der Waals surface area contributed by atoms with Gasteiger partial charge in [-0.25, -0.2) is 21.6 Å². The van der Waals surface area contributed by atoms with Crippen LogP contribution in [0.2, 0.25) is 0 Å². The molecular formula is C18H13F3O4S2. The van der Waals surface area contributed by atoms with Crippen LogP contribution in [0.15, 0.2) is 46.7 Å². The molecule has 1 heterocycles. The third kappa shape index (κ3) is 2.90. The molecule has 0 bridgehead atoms. The van der Waals surface area contributed by atoms with Crippen molar-refractivity contribution in [1.29, 1.82) is 0 Å². The van der Waals surface area contributed by atoms with Crippen molar-refractivity contribution in [2.24, 2.45) is 0 Å². The molecule has 1 atom stereocenters. The fourth-order valence-electron chi connectivity index (χ4n) is 3.25. The van der Waals surface area contributed by atoms with Gasteiger partial charge in [0.15, 0.2) is 6.01 Å². The van der Waals surface area contributed by atoms with Gasteiger partial charge >= 0.3 is 0 Å². The zero-order chi connectivity index (χ0) is 19.4. The summed E-state index contributed by atoms with van der Waals surface area (Å²) in [6.07, 6.45) is -3.24. The summed E-state index contributed by atoms with van der Waals surface area (Å²) in [5.74, 6) is -3.14. The Kier molecular flexibility index (Phi) is 4.21. The van der Waals surface area contributed by atoms with E-state index in [9.17, 15) is 26.7 Å². The smallest absolute Gasteiger partial charge is 0.281 e. The summed E-state index contributed by atoms with van der Waals surface area (Å²) in [4.78, 5) is -0.634. The fourth-order valence-corrected chi connectivity index (χ4v) is 5.01. The first-order valence-electron chi connectivity index (χ1n) is 7.89. The molecule has 0 fully saturated rings. The van der Waals surface area contributed by atoms with E-state index in [4.69, 9.17) is 4.74 Å². The zero-order valence-corrected chi connectivity index (χ0v) is 15.3. The minimum Gasteiger partial charge on any atom is -0.456 e. The Morgan fingerprint density at radius 2 is 1.96 bits per heavy atom. The van der Waals surface area contributed by atoms with Gasteiger partial charge in [-0.3, -0.25) is 0 Å². The van der Waals surface area contributed by atoms with Crippen molar-refractivity contribution in [2.45, 2.75) is 23.3 Å². The first-order chi connectivity index (χ1) is 12.7. The normalized spacial score (nSPS) is 18.6. The first kappa shape index (κ1) is 18.3. The fraction of sp³-hybridized carbons (Fsp3) is 0.222. The van der Waals surface area contributed by atoms with Crippen LogP contribution in [0.25, 0.3) is 10.1 Å². The van der Waals surface area contributed by atoms with E-state index in [-0.39, 0.29) is 11.3 Å². The number of alkyl halides is 3. The van der Waals surface area contributed by atoms with E-state index in [1.54, 1.807) is 12.1 Å². The Morgan fingerprint density at radius 1 is 1.19 bits per heavy atom. The summed E-state index contributed by atoms with van der Waals surface area (Å²) < 4.78 is 71.9. The number of sulfone groups is 1. The average Bonchev–Trinajstić information content (AvgIpc) is 3.19. The molecule has 0 radical (unpaired) electrons. The monoisotopic (exact) mass is 414 g/mol. The Hall–Kier alpha value is -2.10. The van der Waals surface area contributed by atoms with Crippen LogP contribution in [-0.2, 0) is 16.3 Å². The second-order valence-electron chi connectivity index (χ2n) is 6.21. The van der Waals surface area contributed by atoms with E-state index in [0.29, 0.717) is 5.75 Å². The predicted octanol–water partition coefficient (Wildman–Crippen LogP) is 4.62. The summed E-state index contributed by atoms with van der Waals surface area (Å²) in [6.45, 7) is 0. The van der Waals surface area contributed by atoms with Gasteiger partial charge in [-0.05, 0) is 35.7 Å². The number of hydrogen-bond acceptors (Lipinski definition) is 5. The highest BCUT2D eigenvalue weighted by Gasteiger charge is 2.50. The number of fused-ring (bicyclic) bond motifs is 2. The molecule has 0 aliphatic heterocycles. The molecule has 27 heavy (non-hydrogen) atoms. The van der Waals surface area contributed by atoms with Crippen molar-refractivity contribution < 1.29 is 31.4 Å². The molecule has 4 rings (SSSR count). The lowest BCUT2D eigenvalue weighted by Gasteiger charge is -2.16. The van der Waals surface area contributed by atoms with Crippen molar-refractivity contribution in [3.8, 4) is 11.5 Å². The number of rotatable bonds is 4. The van der Waals surface area contributed by atoms with Crippen LogP contribution < -0.4 is 4.74 Å². The van der Waals surface area contributed by atoms with Crippen LogP contribution in [0.1, 0.15) is 17.2 Å². The van der Waals surface area contributed by atoms with Crippen molar-refractivity contribution >= 4 is 31.3 Å². The maximum Gasteiger partial charge on any atom is 0.281 e. The van der Waals surface area contributed by atoms with E-state index in [1.165, 1.54) is 17.4 Å². The van der Waals surface area contributed by atoms with E-state index >= 15 is 0 Å². The van der Waals surface area contributed by atoms with E-state index in [2.05, 4.69) is 0 Å². The average molecular weight is 414 g/mol. The largest absolute Gasteiger partial charge is 0.456 e. The third-order valence-corrected chi connectivity index (χ3v) is 6.71. The molecule has 0 saturated carbocycles. The lowest BCUT2D eigenvalue weighted by Crippen LogP contribution is -2.22. The highest BCUT2D eigenvalue weighted by atomic mass is 32.2. The summed E-state index contributed by atoms with van der Waals surface area (Å²) >= 11 is 1.49. The van der Waals surface area contributed by atoms with Gasteiger partial charge in [0.25, 0.3) is 5.92 Å². The topological polar surface area (TPSA) is 63.6 Å². The molecule has 3 aromatic rings. The highest BCUT2D eigenvalue weighted by molar-refractivity contribution is 7.91. The molecule has 4 nitrogen and oxygen atoms in total. The van der Waals surface area contributed by atoms with Crippen molar-refractivity contribution in [3.05, 3.63) is 52.9 Å². The Bertz CT molecular complexity index is 1140. The van der Waals surface area contributed by atoms with Crippen LogP contribution in [0.5, 0.6) is 11.5 Å². The van der Waals surface area contributed by atoms with Crippen LogP contribution in [0.4, 0.5) is 13.2 Å². The third-order valence-electron chi connectivity index (χ3n) is 4.51. The van der Waals surface area contributed by atoms with Gasteiger partial charge in [-0.1, -0.05) is 6.07 Å². The van der Waals surface area contributed by atoms with Crippen LogP contribution in [-0.4, -0.2) is 25.5 Å². The predicted molar refractivity (Wildman–Crippen MR) is 95.1 cm³/mol. The number of ether oxygens (including phenoxy) is 1. The van der Waals surface area contributed by atoms with E-state index in [1.807, 2.05) is 17.5 Å². The van der Waals surface area contributed by atoms with Crippen molar-refractivity contribution in [1.82, 2.24) is 0 Å². The number of aliphatic hydroxyl groups is 1. The number of halogens is 3. The van der Waals surface area contributed by atoms with Crippen LogP contribution in [0, 0.1) is 0 Å². The second-order valence-corrected chi connectivity index (χ2v) is 9.04. The summed E-state index contributed by atoms with van der Waals surface area (Å²) in [5.41, 5.74) is -0.623. The summed E-state index contributed by atoms with van der Waals surface area (Å²) in [5, 5.41) is 12.6. The standard InChI is InChI=1S/C18H13F3O4S2/c19-9-27(23,24)15-5-4-13(11-8-18(20,21)17(22)16(11)15)25-12-2-1-3-14-10(12)6-7-26-14/h1-7,17,22H,8-9H2. The minimum absolute atomic E-state index is 0.0118. The van der Waals surface area contributed by atoms with E-state index < -0.39 is 44.8 Å². The van der Waals surface area contributed by atoms with Gasteiger partial charge in [0, 0.05) is 27.6 Å². The maximum absolute atomic E-state index is 14.1. The van der Waals surface area contributed by atoms with Crippen molar-refractivity contribution in [2.75, 3.05) is 6.01 Å². The molecule has 9 heteroatoms.